The average Bonchev–Trinajstić information content (AvgIpc) is 2.29. The van der Waals surface area contributed by atoms with Crippen molar-refractivity contribution in [2.24, 2.45) is 0 Å². The van der Waals surface area contributed by atoms with Gasteiger partial charge in [0.05, 0.1) is 0 Å². The Morgan fingerprint density at radius 1 is 1.33 bits per heavy atom. The summed E-state index contributed by atoms with van der Waals surface area (Å²) >= 11 is 0. The lowest BCUT2D eigenvalue weighted by Crippen LogP contribution is -2.27. The Balaban J connectivity index is 2.26. The van der Waals surface area contributed by atoms with Crippen LogP contribution in [0.2, 0.25) is 0 Å². The fourth-order valence-electron chi connectivity index (χ4n) is 2.21. The highest BCUT2D eigenvalue weighted by molar-refractivity contribution is 5.21. The van der Waals surface area contributed by atoms with Crippen LogP contribution >= 0.6 is 0 Å². The van der Waals surface area contributed by atoms with Gasteiger partial charge in [-0.15, -0.1) is 0 Å². The van der Waals surface area contributed by atoms with Gasteiger partial charge in [-0.25, -0.2) is 0 Å². The van der Waals surface area contributed by atoms with Crippen LogP contribution in [0.5, 0.6) is 0 Å². The largest absolute Gasteiger partial charge is 0.326 e. The van der Waals surface area contributed by atoms with Gasteiger partial charge >= 0.3 is 0 Å². The summed E-state index contributed by atoms with van der Waals surface area (Å²) in [6.45, 7) is 4.20. The quantitative estimate of drug-likeness (QED) is 0.768. The zero-order chi connectivity index (χ0) is 10.7. The van der Waals surface area contributed by atoms with Gasteiger partial charge in [-0.2, -0.15) is 0 Å². The molecule has 1 aliphatic rings. The van der Waals surface area contributed by atoms with E-state index in [2.05, 4.69) is 23.3 Å². The first-order valence-electron chi connectivity index (χ1n) is 5.73. The van der Waals surface area contributed by atoms with Crippen molar-refractivity contribution in [2.75, 3.05) is 13.1 Å². The van der Waals surface area contributed by atoms with Crippen molar-refractivity contribution in [3.63, 3.8) is 0 Å². The van der Waals surface area contributed by atoms with Gasteiger partial charge in [-0.05, 0) is 49.9 Å². The summed E-state index contributed by atoms with van der Waals surface area (Å²) in [5.41, 5.74) is 2.32. The second-order valence-electron chi connectivity index (χ2n) is 4.18. The molecule has 0 radical (unpaired) electrons. The maximum absolute atomic E-state index is 11.4. The van der Waals surface area contributed by atoms with Crippen molar-refractivity contribution in [2.45, 2.75) is 32.1 Å². The molecule has 0 aliphatic carbocycles. The molecule has 0 aromatic carbocycles. The minimum Gasteiger partial charge on any atom is -0.326 e. The summed E-state index contributed by atoms with van der Waals surface area (Å²) in [7, 11) is 0. The van der Waals surface area contributed by atoms with Gasteiger partial charge in [0, 0.05) is 11.8 Å². The van der Waals surface area contributed by atoms with Gasteiger partial charge in [0.25, 0.3) is 0 Å². The van der Waals surface area contributed by atoms with Crippen LogP contribution in [0.1, 0.15) is 36.9 Å². The zero-order valence-corrected chi connectivity index (χ0v) is 9.18. The van der Waals surface area contributed by atoms with E-state index in [9.17, 15) is 4.79 Å². The first kappa shape index (κ1) is 10.4. The van der Waals surface area contributed by atoms with Gasteiger partial charge in [0.15, 0.2) is 0 Å². The van der Waals surface area contributed by atoms with Crippen molar-refractivity contribution in [3.8, 4) is 0 Å². The van der Waals surface area contributed by atoms with E-state index in [0.29, 0.717) is 5.92 Å². The molecule has 0 atom stereocenters. The highest BCUT2D eigenvalue weighted by atomic mass is 16.1. The topological polar surface area (TPSA) is 44.9 Å². The number of aromatic nitrogens is 1. The predicted octanol–water partition coefficient (Wildman–Crippen LogP) is 1.40. The number of pyridine rings is 1. The summed E-state index contributed by atoms with van der Waals surface area (Å²) in [4.78, 5) is 14.3. The summed E-state index contributed by atoms with van der Waals surface area (Å²) in [5, 5.41) is 3.34. The Morgan fingerprint density at radius 3 is 2.73 bits per heavy atom. The maximum atomic E-state index is 11.4. The molecular weight excluding hydrogens is 188 g/mol. The predicted molar refractivity (Wildman–Crippen MR) is 61.3 cm³/mol. The molecule has 1 aliphatic heterocycles. The first-order valence-corrected chi connectivity index (χ1v) is 5.73. The van der Waals surface area contributed by atoms with Gasteiger partial charge in [0.2, 0.25) is 5.56 Å². The Kier molecular flexibility index (Phi) is 3.21. The summed E-state index contributed by atoms with van der Waals surface area (Å²) in [6, 6.07) is 3.91. The third-order valence-electron chi connectivity index (χ3n) is 3.11. The molecule has 82 valence electrons. The summed E-state index contributed by atoms with van der Waals surface area (Å²) < 4.78 is 0. The van der Waals surface area contributed by atoms with E-state index in [1.807, 2.05) is 0 Å². The van der Waals surface area contributed by atoms with Gasteiger partial charge in [-0.1, -0.05) is 6.92 Å². The van der Waals surface area contributed by atoms with Crippen molar-refractivity contribution < 1.29 is 0 Å². The summed E-state index contributed by atoms with van der Waals surface area (Å²) in [5.74, 6) is 0.568. The number of nitrogens with one attached hydrogen (secondary N) is 2. The molecule has 1 fully saturated rings. The zero-order valence-electron chi connectivity index (χ0n) is 9.18. The fourth-order valence-corrected chi connectivity index (χ4v) is 2.21. The van der Waals surface area contributed by atoms with Crippen molar-refractivity contribution in [1.82, 2.24) is 10.3 Å². The average molecular weight is 206 g/mol. The summed E-state index contributed by atoms with van der Waals surface area (Å²) in [6.07, 6.45) is 3.19. The van der Waals surface area contributed by atoms with Crippen LogP contribution in [0.15, 0.2) is 16.9 Å². The van der Waals surface area contributed by atoms with E-state index >= 15 is 0 Å². The van der Waals surface area contributed by atoms with Crippen LogP contribution in [-0.2, 0) is 6.42 Å². The van der Waals surface area contributed by atoms with E-state index in [1.54, 1.807) is 6.07 Å². The molecule has 0 amide bonds. The molecular formula is C12H18N2O. The molecule has 2 N–H and O–H groups in total. The Hall–Kier alpha value is -1.09. The van der Waals surface area contributed by atoms with Crippen molar-refractivity contribution >= 4 is 0 Å². The number of hydrogen-bond acceptors (Lipinski definition) is 2. The fraction of sp³-hybridized carbons (Fsp3) is 0.583. The van der Waals surface area contributed by atoms with Gasteiger partial charge < -0.3 is 10.3 Å². The molecule has 1 aromatic rings. The van der Waals surface area contributed by atoms with E-state index in [4.69, 9.17) is 0 Å². The van der Waals surface area contributed by atoms with Crippen molar-refractivity contribution in [3.05, 3.63) is 33.7 Å². The number of rotatable bonds is 2. The SMILES string of the molecule is CCc1cc(C2CCNCC2)cc(=O)[nH]1. The van der Waals surface area contributed by atoms with E-state index in [0.717, 1.165) is 38.0 Å². The lowest BCUT2D eigenvalue weighted by molar-refractivity contribution is 0.459. The molecule has 0 unspecified atom stereocenters. The first-order chi connectivity index (χ1) is 7.29. The lowest BCUT2D eigenvalue weighted by atomic mass is 9.90. The highest BCUT2D eigenvalue weighted by Crippen LogP contribution is 2.24. The smallest absolute Gasteiger partial charge is 0.248 e. The number of aromatic amines is 1. The molecule has 0 spiro atoms. The normalized spacial score (nSPS) is 17.9. The maximum Gasteiger partial charge on any atom is 0.248 e. The van der Waals surface area contributed by atoms with Crippen molar-refractivity contribution in [1.29, 1.82) is 0 Å². The minimum absolute atomic E-state index is 0.0443. The molecule has 0 bridgehead atoms. The molecule has 0 saturated carbocycles. The van der Waals surface area contributed by atoms with Crippen LogP contribution in [0.25, 0.3) is 0 Å². The monoisotopic (exact) mass is 206 g/mol. The third-order valence-corrected chi connectivity index (χ3v) is 3.11. The number of H-pyrrole nitrogens is 1. The van der Waals surface area contributed by atoms with Gasteiger partial charge in [-0.3, -0.25) is 4.79 Å². The number of aryl methyl sites for hydroxylation is 1. The van der Waals surface area contributed by atoms with Crippen LogP contribution in [0.3, 0.4) is 0 Å². The molecule has 2 heterocycles. The third kappa shape index (κ3) is 2.48. The van der Waals surface area contributed by atoms with E-state index < -0.39 is 0 Å². The molecule has 15 heavy (non-hydrogen) atoms. The van der Waals surface area contributed by atoms with Gasteiger partial charge in [0.1, 0.15) is 0 Å². The minimum atomic E-state index is 0.0443. The molecule has 1 aromatic heterocycles. The Bertz CT molecular complexity index is 377. The van der Waals surface area contributed by atoms with E-state index in [1.165, 1.54) is 5.56 Å². The molecule has 3 heteroatoms. The van der Waals surface area contributed by atoms with Crippen LogP contribution in [0, 0.1) is 0 Å². The Morgan fingerprint density at radius 2 is 2.07 bits per heavy atom. The molecule has 2 rings (SSSR count). The van der Waals surface area contributed by atoms with Crippen LogP contribution in [0.4, 0.5) is 0 Å². The lowest BCUT2D eigenvalue weighted by Gasteiger charge is -2.23. The standard InChI is InChI=1S/C12H18N2O/c1-2-11-7-10(8-12(15)14-11)9-3-5-13-6-4-9/h7-9,13H,2-6H2,1H3,(H,14,15). The highest BCUT2D eigenvalue weighted by Gasteiger charge is 2.15. The number of hydrogen-bond donors (Lipinski definition) is 2. The molecule has 1 saturated heterocycles. The van der Waals surface area contributed by atoms with Crippen LogP contribution < -0.4 is 10.9 Å². The Labute approximate surface area is 89.9 Å². The molecule has 3 nitrogen and oxygen atoms in total. The van der Waals surface area contributed by atoms with Crippen LogP contribution in [-0.4, -0.2) is 18.1 Å². The van der Waals surface area contributed by atoms with E-state index in [-0.39, 0.29) is 5.56 Å². The second-order valence-corrected chi connectivity index (χ2v) is 4.18. The second kappa shape index (κ2) is 4.62. The number of piperidine rings is 1.